The number of fused-ring (bicyclic) bond motifs is 2. The van der Waals surface area contributed by atoms with E-state index in [-0.39, 0.29) is 12.1 Å². The molecule has 0 aromatic heterocycles. The van der Waals surface area contributed by atoms with Gasteiger partial charge in [0.25, 0.3) is 0 Å². The Balaban J connectivity index is 1.31. The topological polar surface area (TPSA) is 71.0 Å². The molecule has 7 heteroatoms. The van der Waals surface area contributed by atoms with Crippen LogP contribution in [-0.2, 0) is 4.79 Å². The van der Waals surface area contributed by atoms with Gasteiger partial charge in [-0.05, 0) is 60.5 Å². The molecule has 0 saturated carbocycles. The van der Waals surface area contributed by atoms with Gasteiger partial charge in [-0.2, -0.15) is 0 Å². The van der Waals surface area contributed by atoms with Crippen molar-refractivity contribution in [3.8, 4) is 11.5 Å². The molecule has 1 aliphatic rings. The standard InChI is InChI=1S/C30H29FN2O4/c1-20(24-10-6-8-21-7-2-3-9-25(21)24)32-16-15-23-18-33(27-11-4-5-12-29(27)37-23)28-17-22(13-14-26(28)31)36-19-30(34)35/h2-14,17,20,23,32H,15-16,18-19H2,1H3,(H,34,35)/t20-,23?/m1/s1. The van der Waals surface area contributed by atoms with Crippen LogP contribution in [0, 0.1) is 5.82 Å². The summed E-state index contributed by atoms with van der Waals surface area (Å²) < 4.78 is 26.6. The van der Waals surface area contributed by atoms with Gasteiger partial charge in [0.2, 0.25) is 0 Å². The third-order valence-corrected chi connectivity index (χ3v) is 6.61. The van der Waals surface area contributed by atoms with Gasteiger partial charge in [-0.3, -0.25) is 0 Å². The van der Waals surface area contributed by atoms with Crippen molar-refractivity contribution in [2.24, 2.45) is 0 Å². The largest absolute Gasteiger partial charge is 0.486 e. The number of ether oxygens (including phenoxy) is 2. The molecule has 2 N–H and O–H groups in total. The van der Waals surface area contributed by atoms with Crippen molar-refractivity contribution in [2.75, 3.05) is 24.6 Å². The van der Waals surface area contributed by atoms with E-state index in [4.69, 9.17) is 14.6 Å². The van der Waals surface area contributed by atoms with Crippen LogP contribution < -0.4 is 19.7 Å². The minimum absolute atomic E-state index is 0.151. The van der Waals surface area contributed by atoms with Crippen molar-refractivity contribution in [3.63, 3.8) is 0 Å². The van der Waals surface area contributed by atoms with Crippen molar-refractivity contribution in [1.82, 2.24) is 5.32 Å². The van der Waals surface area contributed by atoms with Crippen molar-refractivity contribution < 1.29 is 23.8 Å². The van der Waals surface area contributed by atoms with Gasteiger partial charge in [0.15, 0.2) is 6.61 Å². The number of benzene rings is 4. The number of nitrogens with one attached hydrogen (secondary N) is 1. The summed E-state index contributed by atoms with van der Waals surface area (Å²) in [5.74, 6) is -0.532. The predicted octanol–water partition coefficient (Wildman–Crippen LogP) is 6.08. The third kappa shape index (κ3) is 5.52. The monoisotopic (exact) mass is 500 g/mol. The zero-order valence-corrected chi connectivity index (χ0v) is 20.6. The number of para-hydroxylation sites is 2. The molecule has 0 fully saturated rings. The Morgan fingerprint density at radius 1 is 1.08 bits per heavy atom. The summed E-state index contributed by atoms with van der Waals surface area (Å²) in [6.07, 6.45) is 0.543. The van der Waals surface area contributed by atoms with Crippen LogP contribution in [0.4, 0.5) is 15.8 Å². The predicted molar refractivity (Wildman–Crippen MR) is 142 cm³/mol. The third-order valence-electron chi connectivity index (χ3n) is 6.61. The fraction of sp³-hybridized carbons (Fsp3) is 0.233. The maximum Gasteiger partial charge on any atom is 0.341 e. The van der Waals surface area contributed by atoms with Crippen molar-refractivity contribution in [3.05, 3.63) is 96.3 Å². The summed E-state index contributed by atoms with van der Waals surface area (Å²) in [6.45, 7) is 2.83. The molecule has 4 aromatic rings. The average Bonchev–Trinajstić information content (AvgIpc) is 2.91. The summed E-state index contributed by atoms with van der Waals surface area (Å²) in [4.78, 5) is 12.8. The number of rotatable bonds is 9. The molecule has 4 aromatic carbocycles. The molecule has 6 nitrogen and oxygen atoms in total. The SMILES string of the molecule is C[C@@H](NCCC1CN(c2cc(OCC(=O)O)ccc2F)c2ccccc2O1)c1cccc2ccccc12. The van der Waals surface area contributed by atoms with Crippen LogP contribution in [0.2, 0.25) is 0 Å². The maximum absolute atomic E-state index is 15.0. The molecule has 0 radical (unpaired) electrons. The Labute approximate surface area is 215 Å². The highest BCUT2D eigenvalue weighted by Gasteiger charge is 2.28. The number of aliphatic carboxylic acids is 1. The molecule has 2 atom stereocenters. The number of hydrogen-bond donors (Lipinski definition) is 2. The number of halogens is 1. The number of hydrogen-bond acceptors (Lipinski definition) is 5. The smallest absolute Gasteiger partial charge is 0.341 e. The van der Waals surface area contributed by atoms with E-state index in [0.717, 1.165) is 18.7 Å². The molecular formula is C30H29FN2O4. The zero-order chi connectivity index (χ0) is 25.8. The molecule has 5 rings (SSSR count). The number of anilines is 2. The Hall–Kier alpha value is -4.10. The van der Waals surface area contributed by atoms with Gasteiger partial charge in [0.05, 0.1) is 17.9 Å². The highest BCUT2D eigenvalue weighted by atomic mass is 19.1. The number of carbonyl (C=O) groups is 1. The highest BCUT2D eigenvalue weighted by Crippen LogP contribution is 2.40. The summed E-state index contributed by atoms with van der Waals surface area (Å²) >= 11 is 0. The van der Waals surface area contributed by atoms with Gasteiger partial charge in [-0.15, -0.1) is 0 Å². The maximum atomic E-state index is 15.0. The van der Waals surface area contributed by atoms with E-state index >= 15 is 0 Å². The lowest BCUT2D eigenvalue weighted by atomic mass is 9.99. The van der Waals surface area contributed by atoms with Gasteiger partial charge in [-0.1, -0.05) is 54.6 Å². The second kappa shape index (κ2) is 10.9. The van der Waals surface area contributed by atoms with E-state index in [9.17, 15) is 9.18 Å². The van der Waals surface area contributed by atoms with Gasteiger partial charge in [0, 0.05) is 12.1 Å². The molecule has 0 bridgehead atoms. The first-order valence-corrected chi connectivity index (χ1v) is 12.4. The Kier molecular flexibility index (Phi) is 7.23. The summed E-state index contributed by atoms with van der Waals surface area (Å²) in [5.41, 5.74) is 2.32. The zero-order valence-electron chi connectivity index (χ0n) is 20.6. The van der Waals surface area contributed by atoms with Crippen LogP contribution in [0.15, 0.2) is 84.9 Å². The van der Waals surface area contributed by atoms with Gasteiger partial charge in [-0.25, -0.2) is 9.18 Å². The van der Waals surface area contributed by atoms with Gasteiger partial charge in [0.1, 0.15) is 23.4 Å². The van der Waals surface area contributed by atoms with Gasteiger partial charge >= 0.3 is 5.97 Å². The molecule has 0 spiro atoms. The lowest BCUT2D eigenvalue weighted by Crippen LogP contribution is -2.39. The first-order valence-electron chi connectivity index (χ1n) is 12.4. The van der Waals surface area contributed by atoms with Crippen molar-refractivity contribution in [2.45, 2.75) is 25.5 Å². The van der Waals surface area contributed by atoms with Crippen LogP contribution >= 0.6 is 0 Å². The number of nitrogens with zero attached hydrogens (tertiary/aromatic N) is 1. The van der Waals surface area contributed by atoms with Crippen LogP contribution in [0.1, 0.15) is 24.9 Å². The molecule has 1 unspecified atom stereocenters. The molecule has 37 heavy (non-hydrogen) atoms. The Bertz CT molecular complexity index is 1400. The average molecular weight is 501 g/mol. The van der Waals surface area contributed by atoms with E-state index in [2.05, 4.69) is 48.6 Å². The quantitative estimate of drug-likeness (QED) is 0.290. The molecular weight excluding hydrogens is 471 g/mol. The molecule has 0 saturated heterocycles. The Morgan fingerprint density at radius 2 is 1.86 bits per heavy atom. The van der Waals surface area contributed by atoms with Gasteiger partial charge < -0.3 is 24.8 Å². The van der Waals surface area contributed by atoms with E-state index in [0.29, 0.717) is 23.7 Å². The summed E-state index contributed by atoms with van der Waals surface area (Å²) in [5, 5.41) is 15.0. The van der Waals surface area contributed by atoms with E-state index < -0.39 is 18.4 Å². The highest BCUT2D eigenvalue weighted by molar-refractivity contribution is 5.86. The van der Waals surface area contributed by atoms with E-state index in [1.165, 1.54) is 34.5 Å². The van der Waals surface area contributed by atoms with E-state index in [1.807, 2.05) is 35.2 Å². The minimum atomic E-state index is -1.09. The van der Waals surface area contributed by atoms with Crippen molar-refractivity contribution >= 4 is 28.1 Å². The van der Waals surface area contributed by atoms with Crippen LogP contribution in [0.5, 0.6) is 11.5 Å². The first kappa shape index (κ1) is 24.6. The lowest BCUT2D eigenvalue weighted by molar-refractivity contribution is -0.139. The fourth-order valence-corrected chi connectivity index (χ4v) is 4.81. The molecule has 1 heterocycles. The van der Waals surface area contributed by atoms with Crippen LogP contribution in [0.3, 0.4) is 0 Å². The first-order chi connectivity index (χ1) is 18.0. The number of carboxylic acids is 1. The van der Waals surface area contributed by atoms with Crippen LogP contribution in [0.25, 0.3) is 10.8 Å². The molecule has 1 aliphatic heterocycles. The van der Waals surface area contributed by atoms with E-state index in [1.54, 1.807) is 0 Å². The molecule has 0 amide bonds. The fourth-order valence-electron chi connectivity index (χ4n) is 4.81. The summed E-state index contributed by atoms with van der Waals surface area (Å²) in [6, 6.07) is 26.7. The summed E-state index contributed by atoms with van der Waals surface area (Å²) in [7, 11) is 0. The molecule has 0 aliphatic carbocycles. The second-order valence-electron chi connectivity index (χ2n) is 9.15. The second-order valence-corrected chi connectivity index (χ2v) is 9.15. The number of carboxylic acid groups (broad SMARTS) is 1. The van der Waals surface area contributed by atoms with Crippen molar-refractivity contribution in [1.29, 1.82) is 0 Å². The van der Waals surface area contributed by atoms with Crippen LogP contribution in [-0.4, -0.2) is 36.9 Å². The Morgan fingerprint density at radius 3 is 2.73 bits per heavy atom. The minimum Gasteiger partial charge on any atom is -0.486 e. The molecule has 190 valence electrons. The normalized spacial score (nSPS) is 15.6. The lowest BCUT2D eigenvalue weighted by Gasteiger charge is -2.36.